The first-order valence-corrected chi connectivity index (χ1v) is 10.1. The van der Waals surface area contributed by atoms with Gasteiger partial charge in [-0.05, 0) is 62.9 Å². The van der Waals surface area contributed by atoms with Gasteiger partial charge >= 0.3 is 6.03 Å². The molecule has 3 rings (SSSR count). The number of halogens is 1. The van der Waals surface area contributed by atoms with Crippen LogP contribution in [0.25, 0.3) is 0 Å². The molecular weight excluding hydrogens is 383 g/mol. The van der Waals surface area contributed by atoms with E-state index in [1.165, 1.54) is 13.3 Å². The van der Waals surface area contributed by atoms with Crippen molar-refractivity contribution >= 4 is 23.6 Å². The highest BCUT2D eigenvalue weighted by Gasteiger charge is 2.36. The SMILES string of the molecule is CCN1c2cc(F)c(/C=N/NC(=O)Nc3ccccc3OC)cc2C(C)CC1(C)C. The average molecular weight is 413 g/mol. The second-order valence-corrected chi connectivity index (χ2v) is 8.12. The molecule has 2 aromatic carbocycles. The number of nitrogens with one attached hydrogen (secondary N) is 2. The quantitative estimate of drug-likeness (QED) is 0.530. The molecule has 7 heteroatoms. The van der Waals surface area contributed by atoms with Crippen LogP contribution >= 0.6 is 0 Å². The van der Waals surface area contributed by atoms with Gasteiger partial charge in [0.1, 0.15) is 11.6 Å². The summed E-state index contributed by atoms with van der Waals surface area (Å²) >= 11 is 0. The Kier molecular flexibility index (Phi) is 6.29. The Morgan fingerprint density at radius 2 is 2.10 bits per heavy atom. The van der Waals surface area contributed by atoms with E-state index in [1.807, 2.05) is 6.07 Å². The number of ether oxygens (including phenoxy) is 1. The van der Waals surface area contributed by atoms with E-state index in [1.54, 1.807) is 30.3 Å². The second-order valence-electron chi connectivity index (χ2n) is 8.12. The number of hydrogen-bond acceptors (Lipinski definition) is 4. The van der Waals surface area contributed by atoms with Gasteiger partial charge in [0.25, 0.3) is 0 Å². The molecule has 0 fully saturated rings. The van der Waals surface area contributed by atoms with Crippen LogP contribution in [0.3, 0.4) is 0 Å². The monoisotopic (exact) mass is 412 g/mol. The molecule has 0 saturated heterocycles. The fraction of sp³-hybridized carbons (Fsp3) is 0.391. The Bertz CT molecular complexity index is 958. The van der Waals surface area contributed by atoms with Gasteiger partial charge in [-0.2, -0.15) is 5.10 Å². The standard InChI is InChI=1S/C23H29FN4O2/c1-6-28-20-12-18(24)16(11-17(20)15(2)13-23(28,3)4)14-25-27-22(29)26-19-9-7-8-10-21(19)30-5/h7-12,14-15H,6,13H2,1-5H3,(H2,26,27,29)/b25-14+. The summed E-state index contributed by atoms with van der Waals surface area (Å²) in [4.78, 5) is 14.3. The van der Waals surface area contributed by atoms with Crippen LogP contribution in [0.1, 0.15) is 51.2 Å². The molecule has 2 aromatic rings. The molecular formula is C23H29FN4O2. The van der Waals surface area contributed by atoms with Crippen molar-refractivity contribution in [2.24, 2.45) is 5.10 Å². The number of amides is 2. The van der Waals surface area contributed by atoms with Crippen LogP contribution in [0, 0.1) is 5.82 Å². The first-order chi connectivity index (χ1) is 14.3. The number of fused-ring (bicyclic) bond motifs is 1. The average Bonchev–Trinajstić information content (AvgIpc) is 2.69. The highest BCUT2D eigenvalue weighted by atomic mass is 19.1. The van der Waals surface area contributed by atoms with Gasteiger partial charge in [0, 0.05) is 23.3 Å². The van der Waals surface area contributed by atoms with Crippen molar-refractivity contribution in [2.45, 2.75) is 45.6 Å². The first-order valence-electron chi connectivity index (χ1n) is 10.1. The zero-order valence-corrected chi connectivity index (χ0v) is 18.1. The van der Waals surface area contributed by atoms with Crippen molar-refractivity contribution in [2.75, 3.05) is 23.9 Å². The summed E-state index contributed by atoms with van der Waals surface area (Å²) in [5, 5.41) is 6.57. The number of carbonyl (C=O) groups is 1. The zero-order chi connectivity index (χ0) is 21.9. The van der Waals surface area contributed by atoms with Crippen LogP contribution in [0.15, 0.2) is 41.5 Å². The van der Waals surface area contributed by atoms with Crippen LogP contribution in [-0.4, -0.2) is 31.4 Å². The summed E-state index contributed by atoms with van der Waals surface area (Å²) in [5.41, 5.74) is 5.23. The lowest BCUT2D eigenvalue weighted by atomic mass is 9.79. The highest BCUT2D eigenvalue weighted by molar-refractivity contribution is 5.92. The minimum atomic E-state index is -0.540. The third-order valence-corrected chi connectivity index (χ3v) is 5.55. The summed E-state index contributed by atoms with van der Waals surface area (Å²) in [6.07, 6.45) is 2.32. The van der Waals surface area contributed by atoms with E-state index >= 15 is 0 Å². The molecule has 0 aromatic heterocycles. The maximum atomic E-state index is 14.8. The lowest BCUT2D eigenvalue weighted by Gasteiger charge is -2.47. The van der Waals surface area contributed by atoms with Crippen molar-refractivity contribution < 1.29 is 13.9 Å². The van der Waals surface area contributed by atoms with Gasteiger partial charge in [0.05, 0.1) is 19.0 Å². The van der Waals surface area contributed by atoms with E-state index in [0.717, 1.165) is 24.2 Å². The topological polar surface area (TPSA) is 66.0 Å². The Hall–Kier alpha value is -3.09. The van der Waals surface area contributed by atoms with Crippen molar-refractivity contribution in [3.8, 4) is 5.75 Å². The normalized spacial score (nSPS) is 17.5. The third kappa shape index (κ3) is 4.40. The van der Waals surface area contributed by atoms with E-state index in [2.05, 4.69) is 48.4 Å². The molecule has 0 aliphatic carbocycles. The van der Waals surface area contributed by atoms with Gasteiger partial charge in [0.2, 0.25) is 0 Å². The summed E-state index contributed by atoms with van der Waals surface area (Å²) in [5.74, 6) is 0.467. The van der Waals surface area contributed by atoms with E-state index in [0.29, 0.717) is 22.9 Å². The van der Waals surface area contributed by atoms with Crippen LogP contribution < -0.4 is 20.4 Å². The van der Waals surface area contributed by atoms with Crippen molar-refractivity contribution in [1.29, 1.82) is 0 Å². The number of rotatable bonds is 5. The third-order valence-electron chi connectivity index (χ3n) is 5.55. The molecule has 6 nitrogen and oxygen atoms in total. The number of para-hydroxylation sites is 2. The maximum absolute atomic E-state index is 14.8. The van der Waals surface area contributed by atoms with E-state index in [4.69, 9.17) is 4.74 Å². The number of benzene rings is 2. The summed E-state index contributed by atoms with van der Waals surface area (Å²) in [6, 6.07) is 9.91. The number of urea groups is 1. The number of nitrogens with zero attached hydrogens (tertiary/aromatic N) is 2. The molecule has 0 bridgehead atoms. The van der Waals surface area contributed by atoms with Gasteiger partial charge < -0.3 is 15.0 Å². The number of hydrazone groups is 1. The van der Waals surface area contributed by atoms with E-state index in [-0.39, 0.29) is 11.4 Å². The predicted molar refractivity (Wildman–Crippen MR) is 119 cm³/mol. The zero-order valence-electron chi connectivity index (χ0n) is 18.1. The Labute approximate surface area is 177 Å². The van der Waals surface area contributed by atoms with E-state index in [9.17, 15) is 9.18 Å². The summed E-state index contributed by atoms with van der Waals surface area (Å²) < 4.78 is 20.0. The smallest absolute Gasteiger partial charge is 0.339 e. The Balaban J connectivity index is 1.75. The predicted octanol–water partition coefficient (Wildman–Crippen LogP) is 5.10. The van der Waals surface area contributed by atoms with Crippen LogP contribution in [0.4, 0.5) is 20.6 Å². The van der Waals surface area contributed by atoms with Crippen molar-refractivity contribution in [3.63, 3.8) is 0 Å². The molecule has 1 unspecified atom stereocenters. The number of methoxy groups -OCH3 is 1. The molecule has 0 saturated carbocycles. The molecule has 30 heavy (non-hydrogen) atoms. The number of hydrogen-bond donors (Lipinski definition) is 2. The van der Waals surface area contributed by atoms with Gasteiger partial charge in [-0.1, -0.05) is 19.1 Å². The Morgan fingerprint density at radius 3 is 2.80 bits per heavy atom. The minimum absolute atomic E-state index is 0.0264. The first kappa shape index (κ1) is 21.6. The molecule has 0 spiro atoms. The lowest BCUT2D eigenvalue weighted by molar-refractivity contribution is 0.252. The molecule has 0 radical (unpaired) electrons. The van der Waals surface area contributed by atoms with Crippen LogP contribution in [0.5, 0.6) is 5.75 Å². The van der Waals surface area contributed by atoms with E-state index < -0.39 is 6.03 Å². The molecule has 2 amide bonds. The van der Waals surface area contributed by atoms with Gasteiger partial charge in [-0.3, -0.25) is 0 Å². The maximum Gasteiger partial charge on any atom is 0.339 e. The van der Waals surface area contributed by atoms with Gasteiger partial charge in [-0.15, -0.1) is 0 Å². The molecule has 2 N–H and O–H groups in total. The minimum Gasteiger partial charge on any atom is -0.495 e. The molecule has 160 valence electrons. The molecule has 1 aliphatic heterocycles. The molecule has 1 aliphatic rings. The van der Waals surface area contributed by atoms with Crippen LogP contribution in [0.2, 0.25) is 0 Å². The van der Waals surface area contributed by atoms with Gasteiger partial charge in [-0.25, -0.2) is 14.6 Å². The lowest BCUT2D eigenvalue weighted by Crippen LogP contribution is -2.48. The number of carbonyl (C=O) groups excluding carboxylic acids is 1. The second kappa shape index (κ2) is 8.73. The largest absolute Gasteiger partial charge is 0.495 e. The van der Waals surface area contributed by atoms with Crippen molar-refractivity contribution in [1.82, 2.24) is 5.43 Å². The van der Waals surface area contributed by atoms with Gasteiger partial charge in [0.15, 0.2) is 0 Å². The molecule has 1 heterocycles. The van der Waals surface area contributed by atoms with Crippen molar-refractivity contribution in [3.05, 3.63) is 53.3 Å². The summed E-state index contributed by atoms with van der Waals surface area (Å²) in [6.45, 7) is 9.43. The Morgan fingerprint density at radius 1 is 1.37 bits per heavy atom. The summed E-state index contributed by atoms with van der Waals surface area (Å²) in [7, 11) is 1.53. The fourth-order valence-electron chi connectivity index (χ4n) is 4.28. The molecule has 1 atom stereocenters. The highest BCUT2D eigenvalue weighted by Crippen LogP contribution is 2.43. The fourth-order valence-corrected chi connectivity index (χ4v) is 4.28. The van der Waals surface area contributed by atoms with Crippen LogP contribution in [-0.2, 0) is 0 Å². The number of anilines is 2.